The molecule has 2 heteroatoms. The van der Waals surface area contributed by atoms with Crippen LogP contribution in [0.3, 0.4) is 0 Å². The number of hydrogen-bond acceptors (Lipinski definition) is 2. The van der Waals surface area contributed by atoms with Gasteiger partial charge in [-0.2, -0.15) is 0 Å². The van der Waals surface area contributed by atoms with E-state index in [2.05, 4.69) is 26.5 Å². The third-order valence-electron chi connectivity index (χ3n) is 5.08. The van der Waals surface area contributed by atoms with E-state index in [1.165, 1.54) is 12.0 Å². The molecule has 92 valence electrons. The van der Waals surface area contributed by atoms with Gasteiger partial charge >= 0.3 is 5.97 Å². The van der Waals surface area contributed by atoms with Gasteiger partial charge in [-0.15, -0.1) is 0 Å². The van der Waals surface area contributed by atoms with Crippen LogP contribution in [0.5, 0.6) is 0 Å². The molecule has 1 saturated carbocycles. The van der Waals surface area contributed by atoms with Crippen LogP contribution in [0.25, 0.3) is 0 Å². The number of carbonyl (C=O) groups is 1. The van der Waals surface area contributed by atoms with E-state index in [4.69, 9.17) is 4.74 Å². The van der Waals surface area contributed by atoms with E-state index in [1.54, 1.807) is 0 Å². The minimum Gasteiger partial charge on any atom is -0.454 e. The summed E-state index contributed by atoms with van der Waals surface area (Å²) in [5, 5.41) is 0. The molecule has 3 rings (SSSR count). The van der Waals surface area contributed by atoms with Crippen LogP contribution < -0.4 is 0 Å². The quantitative estimate of drug-likeness (QED) is 0.364. The standard InChI is InChI=1S/C15H20O2/c1-8-4-7-12-10(3)15(16)17-14-9(2)5-6-11(8)13(12)14/h5,8,11-14H,3-4,6-7H2,1-2H3/t8-,11+,12+,13+,14-/m0/s1. The van der Waals surface area contributed by atoms with Gasteiger partial charge in [0.1, 0.15) is 6.10 Å². The van der Waals surface area contributed by atoms with Gasteiger partial charge in [-0.05, 0) is 49.5 Å². The molecule has 0 bridgehead atoms. The van der Waals surface area contributed by atoms with Crippen molar-refractivity contribution in [1.29, 1.82) is 0 Å². The molecule has 0 aromatic carbocycles. The lowest BCUT2D eigenvalue weighted by Crippen LogP contribution is -2.50. The zero-order valence-electron chi connectivity index (χ0n) is 10.6. The molecule has 0 radical (unpaired) electrons. The fourth-order valence-electron chi connectivity index (χ4n) is 4.01. The molecule has 3 aliphatic rings. The van der Waals surface area contributed by atoms with Crippen LogP contribution in [-0.4, -0.2) is 12.1 Å². The predicted molar refractivity (Wildman–Crippen MR) is 66.3 cm³/mol. The fourth-order valence-corrected chi connectivity index (χ4v) is 4.01. The van der Waals surface area contributed by atoms with Crippen molar-refractivity contribution in [3.05, 3.63) is 23.8 Å². The minimum atomic E-state index is -0.167. The molecule has 1 aliphatic heterocycles. The lowest BCUT2D eigenvalue weighted by molar-refractivity contribution is -0.157. The highest BCUT2D eigenvalue weighted by Gasteiger charge is 2.50. The summed E-state index contributed by atoms with van der Waals surface area (Å²) in [7, 11) is 0. The number of allylic oxidation sites excluding steroid dienone is 1. The van der Waals surface area contributed by atoms with Crippen LogP contribution in [0.2, 0.25) is 0 Å². The van der Waals surface area contributed by atoms with Gasteiger partial charge in [0, 0.05) is 11.5 Å². The Morgan fingerprint density at radius 2 is 2.18 bits per heavy atom. The number of carbonyl (C=O) groups excluding carboxylic acids is 1. The molecule has 2 fully saturated rings. The Bertz CT molecular complexity index is 407. The Kier molecular flexibility index (Phi) is 2.42. The molecule has 0 amide bonds. The normalized spacial score (nSPS) is 44.8. The van der Waals surface area contributed by atoms with Crippen molar-refractivity contribution in [3.8, 4) is 0 Å². The molecule has 0 aromatic heterocycles. The van der Waals surface area contributed by atoms with Crippen molar-refractivity contribution < 1.29 is 9.53 Å². The molecule has 1 heterocycles. The van der Waals surface area contributed by atoms with Crippen LogP contribution in [0.15, 0.2) is 23.8 Å². The highest BCUT2D eigenvalue weighted by Crippen LogP contribution is 2.51. The average Bonchev–Trinajstić information content (AvgIpc) is 2.31. The first kappa shape index (κ1) is 11.1. The van der Waals surface area contributed by atoms with E-state index in [0.717, 1.165) is 24.3 Å². The fraction of sp³-hybridized carbons (Fsp3) is 0.667. The molecule has 1 saturated heterocycles. The Labute approximate surface area is 103 Å². The third-order valence-corrected chi connectivity index (χ3v) is 5.08. The van der Waals surface area contributed by atoms with Crippen LogP contribution in [-0.2, 0) is 9.53 Å². The second-order valence-electron chi connectivity index (χ2n) is 5.94. The van der Waals surface area contributed by atoms with Gasteiger partial charge in [0.15, 0.2) is 0 Å². The summed E-state index contributed by atoms with van der Waals surface area (Å²) in [4.78, 5) is 11.8. The molecule has 2 nitrogen and oxygen atoms in total. The maximum Gasteiger partial charge on any atom is 0.334 e. The van der Waals surface area contributed by atoms with Gasteiger partial charge in [-0.25, -0.2) is 4.79 Å². The summed E-state index contributed by atoms with van der Waals surface area (Å²) < 4.78 is 5.59. The van der Waals surface area contributed by atoms with Gasteiger partial charge in [0.05, 0.1) is 0 Å². The summed E-state index contributed by atoms with van der Waals surface area (Å²) in [5.74, 6) is 2.11. The second kappa shape index (κ2) is 3.72. The SMILES string of the molecule is C=C1C(=O)O[C@H]2C(C)=CC[C@H]3[C@@H]2[C@@H]1CC[C@@H]3C. The first-order valence-corrected chi connectivity index (χ1v) is 6.66. The van der Waals surface area contributed by atoms with Crippen molar-refractivity contribution in [2.24, 2.45) is 23.7 Å². The zero-order chi connectivity index (χ0) is 12.2. The Balaban J connectivity index is 2.02. The average molecular weight is 232 g/mol. The smallest absolute Gasteiger partial charge is 0.334 e. The van der Waals surface area contributed by atoms with Gasteiger partial charge in [0.25, 0.3) is 0 Å². The molecule has 0 unspecified atom stereocenters. The summed E-state index contributed by atoms with van der Waals surface area (Å²) >= 11 is 0. The molecule has 17 heavy (non-hydrogen) atoms. The molecular formula is C15H20O2. The van der Waals surface area contributed by atoms with Crippen LogP contribution in [0.1, 0.15) is 33.1 Å². The number of rotatable bonds is 0. The van der Waals surface area contributed by atoms with Crippen molar-refractivity contribution in [2.75, 3.05) is 0 Å². The Hall–Kier alpha value is -1.05. The first-order valence-electron chi connectivity index (χ1n) is 6.66. The number of esters is 1. The molecule has 2 aliphatic carbocycles. The highest BCUT2D eigenvalue weighted by molar-refractivity contribution is 5.89. The van der Waals surface area contributed by atoms with Crippen molar-refractivity contribution in [1.82, 2.24) is 0 Å². The number of ether oxygens (including phenoxy) is 1. The van der Waals surface area contributed by atoms with E-state index < -0.39 is 0 Å². The maximum absolute atomic E-state index is 11.8. The first-order chi connectivity index (χ1) is 8.09. The molecule has 0 spiro atoms. The van der Waals surface area contributed by atoms with E-state index >= 15 is 0 Å². The van der Waals surface area contributed by atoms with Crippen LogP contribution >= 0.6 is 0 Å². The second-order valence-corrected chi connectivity index (χ2v) is 5.94. The largest absolute Gasteiger partial charge is 0.454 e. The lowest BCUT2D eigenvalue weighted by atomic mass is 9.58. The zero-order valence-corrected chi connectivity index (χ0v) is 10.6. The predicted octanol–water partition coefficient (Wildman–Crippen LogP) is 3.10. The summed E-state index contributed by atoms with van der Waals surface area (Å²) in [6.07, 6.45) is 5.78. The van der Waals surface area contributed by atoms with Gasteiger partial charge in [0.2, 0.25) is 0 Å². The van der Waals surface area contributed by atoms with E-state index in [0.29, 0.717) is 17.8 Å². The molecule has 0 aromatic rings. The highest BCUT2D eigenvalue weighted by atomic mass is 16.5. The van der Waals surface area contributed by atoms with Gasteiger partial charge in [-0.1, -0.05) is 19.6 Å². The maximum atomic E-state index is 11.8. The molecule has 5 atom stereocenters. The van der Waals surface area contributed by atoms with Crippen molar-refractivity contribution in [3.63, 3.8) is 0 Å². The van der Waals surface area contributed by atoms with E-state index in [1.807, 2.05) is 0 Å². The van der Waals surface area contributed by atoms with Crippen molar-refractivity contribution in [2.45, 2.75) is 39.2 Å². The molecule has 0 N–H and O–H groups in total. The Morgan fingerprint density at radius 3 is 2.94 bits per heavy atom. The van der Waals surface area contributed by atoms with E-state index in [9.17, 15) is 4.79 Å². The van der Waals surface area contributed by atoms with Gasteiger partial charge in [-0.3, -0.25) is 0 Å². The third kappa shape index (κ3) is 1.50. The van der Waals surface area contributed by atoms with Gasteiger partial charge < -0.3 is 4.74 Å². The summed E-state index contributed by atoms with van der Waals surface area (Å²) in [6, 6.07) is 0. The Morgan fingerprint density at radius 1 is 1.41 bits per heavy atom. The van der Waals surface area contributed by atoms with Crippen molar-refractivity contribution >= 4 is 5.97 Å². The topological polar surface area (TPSA) is 26.3 Å². The van der Waals surface area contributed by atoms with Crippen LogP contribution in [0, 0.1) is 23.7 Å². The molecular weight excluding hydrogens is 212 g/mol. The summed E-state index contributed by atoms with van der Waals surface area (Å²) in [5.41, 5.74) is 1.96. The van der Waals surface area contributed by atoms with Crippen LogP contribution in [0.4, 0.5) is 0 Å². The van der Waals surface area contributed by atoms with E-state index in [-0.39, 0.29) is 12.1 Å². The monoisotopic (exact) mass is 232 g/mol. The summed E-state index contributed by atoms with van der Waals surface area (Å²) in [6.45, 7) is 8.40. The lowest BCUT2D eigenvalue weighted by Gasteiger charge is -2.50. The minimum absolute atomic E-state index is 0.0273. The number of hydrogen-bond donors (Lipinski definition) is 0.